The predicted octanol–water partition coefficient (Wildman–Crippen LogP) is 4.54. The smallest absolute Gasteiger partial charge is 0.254 e. The highest BCUT2D eigenvalue weighted by atomic mass is 16.5. The molecule has 4 nitrogen and oxygen atoms in total. The van der Waals surface area contributed by atoms with Crippen molar-refractivity contribution in [2.45, 2.75) is 58.0 Å². The molecule has 3 rings (SSSR count). The Hall–Kier alpha value is -2.07. The predicted molar refractivity (Wildman–Crippen MR) is 103 cm³/mol. The molecular weight excluding hydrogens is 326 g/mol. The zero-order valence-electron chi connectivity index (χ0n) is 16.2. The Kier molecular flexibility index (Phi) is 5.24. The number of benzene rings is 1. The maximum absolute atomic E-state index is 12.5. The number of amides is 1. The second kappa shape index (κ2) is 7.28. The standard InChI is InChI=1S/C22H29NO3/c1-16-14-19(17(2)26-16)20(24)23-12-10-22(18-8-6-5-7-9-18)11-13-25-21(3,4)15-22/h5-9,14H,10-13,15H2,1-4H3,(H,23,24)/t22-/m0/s1. The zero-order valence-corrected chi connectivity index (χ0v) is 16.2. The SMILES string of the molecule is Cc1cc(C(=O)NCC[C@]2(c3ccccc3)CCOC(C)(C)C2)c(C)o1. The van der Waals surface area contributed by atoms with Gasteiger partial charge in [-0.25, -0.2) is 0 Å². The summed E-state index contributed by atoms with van der Waals surface area (Å²) in [6.07, 6.45) is 2.81. The van der Waals surface area contributed by atoms with Crippen molar-refractivity contribution in [1.29, 1.82) is 0 Å². The third-order valence-corrected chi connectivity index (χ3v) is 5.40. The lowest BCUT2D eigenvalue weighted by atomic mass is 9.67. The van der Waals surface area contributed by atoms with E-state index in [4.69, 9.17) is 9.15 Å². The van der Waals surface area contributed by atoms with Gasteiger partial charge in [0.1, 0.15) is 11.5 Å². The van der Waals surface area contributed by atoms with Crippen LogP contribution in [0.4, 0.5) is 0 Å². The number of furan rings is 1. The first-order chi connectivity index (χ1) is 12.3. The number of aryl methyl sites for hydroxylation is 2. The van der Waals surface area contributed by atoms with Crippen LogP contribution in [-0.4, -0.2) is 24.7 Å². The molecule has 0 unspecified atom stereocenters. The van der Waals surface area contributed by atoms with Crippen LogP contribution in [0, 0.1) is 13.8 Å². The van der Waals surface area contributed by atoms with Gasteiger partial charge in [-0.05, 0) is 58.6 Å². The number of hydrogen-bond acceptors (Lipinski definition) is 3. The van der Waals surface area contributed by atoms with Gasteiger partial charge in [-0.1, -0.05) is 30.3 Å². The minimum atomic E-state index is -0.156. The van der Waals surface area contributed by atoms with Crippen molar-refractivity contribution >= 4 is 5.91 Å². The number of rotatable bonds is 5. The molecule has 0 saturated carbocycles. The number of hydrogen-bond donors (Lipinski definition) is 1. The fraction of sp³-hybridized carbons (Fsp3) is 0.500. The quantitative estimate of drug-likeness (QED) is 0.856. The van der Waals surface area contributed by atoms with E-state index in [0.29, 0.717) is 17.9 Å². The molecule has 4 heteroatoms. The molecule has 26 heavy (non-hydrogen) atoms. The lowest BCUT2D eigenvalue weighted by molar-refractivity contribution is -0.0838. The maximum atomic E-state index is 12.5. The summed E-state index contributed by atoms with van der Waals surface area (Å²) in [4.78, 5) is 12.5. The molecule has 1 aliphatic heterocycles. The molecule has 1 aromatic heterocycles. The van der Waals surface area contributed by atoms with Crippen LogP contribution in [0.2, 0.25) is 0 Å². The van der Waals surface area contributed by atoms with E-state index < -0.39 is 0 Å². The average molecular weight is 355 g/mol. The Labute approximate surface area is 155 Å². The van der Waals surface area contributed by atoms with Crippen molar-refractivity contribution in [3.05, 3.63) is 59.0 Å². The second-order valence-corrected chi connectivity index (χ2v) is 8.01. The van der Waals surface area contributed by atoms with E-state index in [9.17, 15) is 4.79 Å². The lowest BCUT2D eigenvalue weighted by Crippen LogP contribution is -2.45. The highest BCUT2D eigenvalue weighted by Gasteiger charge is 2.41. The van der Waals surface area contributed by atoms with Gasteiger partial charge in [0.2, 0.25) is 0 Å². The topological polar surface area (TPSA) is 51.5 Å². The molecule has 1 atom stereocenters. The Balaban J connectivity index is 1.73. The first-order valence-corrected chi connectivity index (χ1v) is 9.36. The molecule has 0 bridgehead atoms. The fourth-order valence-corrected chi connectivity index (χ4v) is 4.24. The average Bonchev–Trinajstić information content (AvgIpc) is 2.93. The van der Waals surface area contributed by atoms with E-state index >= 15 is 0 Å². The molecule has 0 spiro atoms. The number of carbonyl (C=O) groups excluding carboxylic acids is 1. The van der Waals surface area contributed by atoms with Crippen LogP contribution in [0.5, 0.6) is 0 Å². The minimum Gasteiger partial charge on any atom is -0.466 e. The Bertz CT molecular complexity index is 763. The van der Waals surface area contributed by atoms with Gasteiger partial charge in [-0.2, -0.15) is 0 Å². The summed E-state index contributed by atoms with van der Waals surface area (Å²) < 4.78 is 11.4. The van der Waals surface area contributed by atoms with Gasteiger partial charge in [0.15, 0.2) is 0 Å². The molecule has 2 aromatic rings. The van der Waals surface area contributed by atoms with Gasteiger partial charge in [-0.15, -0.1) is 0 Å². The van der Waals surface area contributed by atoms with Crippen molar-refractivity contribution in [2.24, 2.45) is 0 Å². The van der Waals surface area contributed by atoms with Crippen LogP contribution < -0.4 is 5.32 Å². The van der Waals surface area contributed by atoms with Gasteiger partial charge in [0.05, 0.1) is 11.2 Å². The van der Waals surface area contributed by atoms with Crippen LogP contribution in [0.25, 0.3) is 0 Å². The monoisotopic (exact) mass is 355 g/mol. The third kappa shape index (κ3) is 4.01. The van der Waals surface area contributed by atoms with Crippen molar-refractivity contribution in [2.75, 3.05) is 13.2 Å². The van der Waals surface area contributed by atoms with Crippen LogP contribution >= 0.6 is 0 Å². The molecule has 1 aromatic carbocycles. The molecule has 1 saturated heterocycles. The Morgan fingerprint density at radius 3 is 2.54 bits per heavy atom. The third-order valence-electron chi connectivity index (χ3n) is 5.40. The summed E-state index contributed by atoms with van der Waals surface area (Å²) in [5.74, 6) is 1.37. The second-order valence-electron chi connectivity index (χ2n) is 8.01. The molecule has 2 heterocycles. The van der Waals surface area contributed by atoms with E-state index in [1.807, 2.05) is 19.9 Å². The number of nitrogens with one attached hydrogen (secondary N) is 1. The van der Waals surface area contributed by atoms with E-state index in [1.165, 1.54) is 5.56 Å². The normalized spacial score (nSPS) is 22.2. The van der Waals surface area contributed by atoms with Crippen molar-refractivity contribution < 1.29 is 13.9 Å². The summed E-state index contributed by atoms with van der Waals surface area (Å²) in [6, 6.07) is 12.4. The lowest BCUT2D eigenvalue weighted by Gasteiger charge is -2.45. The first-order valence-electron chi connectivity index (χ1n) is 9.36. The van der Waals surface area contributed by atoms with E-state index in [1.54, 1.807) is 6.07 Å². The highest BCUT2D eigenvalue weighted by molar-refractivity contribution is 5.95. The molecule has 1 amide bonds. The fourth-order valence-electron chi connectivity index (χ4n) is 4.24. The van der Waals surface area contributed by atoms with Gasteiger partial charge in [0.25, 0.3) is 5.91 Å². The largest absolute Gasteiger partial charge is 0.466 e. The van der Waals surface area contributed by atoms with Crippen LogP contribution in [0.15, 0.2) is 40.8 Å². The molecule has 140 valence electrons. The van der Waals surface area contributed by atoms with E-state index in [-0.39, 0.29) is 16.9 Å². The molecule has 0 radical (unpaired) electrons. The summed E-state index contributed by atoms with van der Waals surface area (Å²) in [5.41, 5.74) is 1.83. The molecular formula is C22H29NO3. The maximum Gasteiger partial charge on any atom is 0.254 e. The van der Waals surface area contributed by atoms with Gasteiger partial charge >= 0.3 is 0 Å². The van der Waals surface area contributed by atoms with Gasteiger partial charge < -0.3 is 14.5 Å². The van der Waals surface area contributed by atoms with Crippen molar-refractivity contribution in [1.82, 2.24) is 5.32 Å². The molecule has 1 N–H and O–H groups in total. The van der Waals surface area contributed by atoms with Gasteiger partial charge in [-0.3, -0.25) is 4.79 Å². The molecule has 1 fully saturated rings. The zero-order chi connectivity index (χ0) is 18.8. The number of ether oxygens (including phenoxy) is 1. The summed E-state index contributed by atoms with van der Waals surface area (Å²) in [5, 5.41) is 3.08. The van der Waals surface area contributed by atoms with E-state index in [0.717, 1.165) is 31.6 Å². The van der Waals surface area contributed by atoms with Crippen molar-refractivity contribution in [3.63, 3.8) is 0 Å². The number of carbonyl (C=O) groups is 1. The van der Waals surface area contributed by atoms with Crippen molar-refractivity contribution in [3.8, 4) is 0 Å². The summed E-state index contributed by atoms with van der Waals surface area (Å²) >= 11 is 0. The summed E-state index contributed by atoms with van der Waals surface area (Å²) in [6.45, 7) is 9.37. The highest BCUT2D eigenvalue weighted by Crippen LogP contribution is 2.43. The Morgan fingerprint density at radius 2 is 1.92 bits per heavy atom. The molecule has 1 aliphatic rings. The molecule has 0 aliphatic carbocycles. The Morgan fingerprint density at radius 1 is 1.19 bits per heavy atom. The van der Waals surface area contributed by atoms with Gasteiger partial charge in [0, 0.05) is 18.6 Å². The van der Waals surface area contributed by atoms with E-state index in [2.05, 4.69) is 43.4 Å². The van der Waals surface area contributed by atoms with Crippen LogP contribution in [0.3, 0.4) is 0 Å². The minimum absolute atomic E-state index is 0.0254. The van der Waals surface area contributed by atoms with Crippen LogP contribution in [0.1, 0.15) is 60.6 Å². The van der Waals surface area contributed by atoms with Crippen LogP contribution in [-0.2, 0) is 10.2 Å². The first kappa shape index (κ1) is 18.7. The summed E-state index contributed by atoms with van der Waals surface area (Å²) in [7, 11) is 0.